The molecule has 0 atom stereocenters. The Morgan fingerprint density at radius 2 is 1.86 bits per heavy atom. The van der Waals surface area contributed by atoms with Crippen molar-refractivity contribution in [2.45, 2.75) is 11.8 Å². The second-order valence-corrected chi connectivity index (χ2v) is 9.14. The zero-order chi connectivity index (χ0) is 20.5. The van der Waals surface area contributed by atoms with Gasteiger partial charge in [-0.1, -0.05) is 39.7 Å². The summed E-state index contributed by atoms with van der Waals surface area (Å²) in [5.74, 6) is -0.278. The molecule has 0 aliphatic rings. The van der Waals surface area contributed by atoms with Gasteiger partial charge in [0.1, 0.15) is 5.56 Å². The molecule has 3 aromatic rings. The number of rotatable bonds is 5. The zero-order valence-electron chi connectivity index (χ0n) is 15.5. The van der Waals surface area contributed by atoms with E-state index in [2.05, 4.69) is 26.3 Å². The van der Waals surface area contributed by atoms with E-state index in [4.69, 9.17) is 0 Å². The summed E-state index contributed by atoms with van der Waals surface area (Å²) in [6.45, 7) is 1.88. The van der Waals surface area contributed by atoms with Crippen molar-refractivity contribution in [2.75, 3.05) is 16.7 Å². The molecule has 0 bridgehead atoms. The Morgan fingerprint density at radius 1 is 1.18 bits per heavy atom. The molecule has 1 amide bonds. The maximum Gasteiger partial charge on any atom is 0.265 e. The number of sulfonamides is 1. The smallest absolute Gasteiger partial charge is 0.265 e. The first-order valence-corrected chi connectivity index (χ1v) is 10.6. The Bertz CT molecular complexity index is 1120. The lowest BCUT2D eigenvalue weighted by atomic mass is 10.2. The number of anilines is 2. The van der Waals surface area contributed by atoms with Crippen molar-refractivity contribution in [3.8, 4) is 0 Å². The highest BCUT2D eigenvalue weighted by molar-refractivity contribution is 9.10. The summed E-state index contributed by atoms with van der Waals surface area (Å²) < 4.78 is 29.3. The Morgan fingerprint density at radius 3 is 2.50 bits per heavy atom. The topological polar surface area (TPSA) is 84.3 Å². The van der Waals surface area contributed by atoms with Crippen LogP contribution in [0.4, 0.5) is 11.5 Å². The van der Waals surface area contributed by atoms with Crippen LogP contribution in [0.25, 0.3) is 0 Å². The summed E-state index contributed by atoms with van der Waals surface area (Å²) >= 11 is 3.35. The fraction of sp³-hybridized carbons (Fsp3) is 0.158. The molecule has 0 aliphatic heterocycles. The van der Waals surface area contributed by atoms with Crippen molar-refractivity contribution >= 4 is 43.4 Å². The number of hydrogen-bond donors (Lipinski definition) is 1. The van der Waals surface area contributed by atoms with Gasteiger partial charge in [0.05, 0.1) is 11.1 Å². The van der Waals surface area contributed by atoms with Crippen LogP contribution < -0.4 is 9.62 Å². The summed E-state index contributed by atoms with van der Waals surface area (Å²) in [6.07, 6.45) is 1.35. The molecule has 0 saturated heterocycles. The van der Waals surface area contributed by atoms with Crippen molar-refractivity contribution in [3.63, 3.8) is 0 Å². The highest BCUT2D eigenvalue weighted by atomic mass is 79.9. The van der Waals surface area contributed by atoms with Gasteiger partial charge in [-0.05, 0) is 37.3 Å². The van der Waals surface area contributed by atoms with Crippen LogP contribution in [0.2, 0.25) is 0 Å². The Hall–Kier alpha value is -2.65. The summed E-state index contributed by atoms with van der Waals surface area (Å²) in [4.78, 5) is 12.9. The summed E-state index contributed by atoms with van der Waals surface area (Å²) in [6, 6.07) is 13.7. The summed E-state index contributed by atoms with van der Waals surface area (Å²) in [5, 5.41) is 6.84. The van der Waals surface area contributed by atoms with Crippen LogP contribution in [-0.2, 0) is 17.1 Å². The third-order valence-electron chi connectivity index (χ3n) is 4.21. The first kappa shape index (κ1) is 20.1. The third-order valence-corrected chi connectivity index (χ3v) is 6.47. The van der Waals surface area contributed by atoms with E-state index in [1.165, 1.54) is 17.9 Å². The van der Waals surface area contributed by atoms with Gasteiger partial charge < -0.3 is 5.32 Å². The molecular formula is C19H19BrN4O3S. The number of carbonyl (C=O) groups excluding carboxylic acids is 1. The second-order valence-electron chi connectivity index (χ2n) is 6.26. The molecular weight excluding hydrogens is 444 g/mol. The number of amides is 1. The first-order chi connectivity index (χ1) is 13.2. The van der Waals surface area contributed by atoms with E-state index in [1.54, 1.807) is 49.5 Å². The van der Waals surface area contributed by atoms with Crippen LogP contribution in [0.15, 0.2) is 64.1 Å². The van der Waals surface area contributed by atoms with Gasteiger partial charge >= 0.3 is 0 Å². The molecule has 7 nitrogen and oxygen atoms in total. The maximum atomic E-state index is 13.0. The number of nitrogens with zero attached hydrogens (tertiary/aromatic N) is 3. The Balaban J connectivity index is 1.95. The third kappa shape index (κ3) is 3.95. The second kappa shape index (κ2) is 7.76. The van der Waals surface area contributed by atoms with Gasteiger partial charge in [0, 0.05) is 24.3 Å². The quantitative estimate of drug-likeness (QED) is 0.627. The predicted octanol–water partition coefficient (Wildman–Crippen LogP) is 3.57. The van der Waals surface area contributed by atoms with Gasteiger partial charge in [-0.3, -0.25) is 13.8 Å². The van der Waals surface area contributed by atoms with Crippen molar-refractivity contribution < 1.29 is 13.2 Å². The van der Waals surface area contributed by atoms with Crippen LogP contribution >= 0.6 is 15.9 Å². The molecule has 1 N–H and O–H groups in total. The SMILES string of the molecule is Cc1ccc(S(=O)(=O)N(C)c2c(C(=O)Nc3cccc(Br)c3)cnn2C)cc1. The van der Waals surface area contributed by atoms with E-state index in [0.29, 0.717) is 5.69 Å². The van der Waals surface area contributed by atoms with Crippen molar-refractivity contribution in [3.05, 3.63) is 70.3 Å². The van der Waals surface area contributed by atoms with Gasteiger partial charge in [0.2, 0.25) is 0 Å². The minimum atomic E-state index is -3.85. The van der Waals surface area contributed by atoms with Gasteiger partial charge in [-0.25, -0.2) is 8.42 Å². The number of nitrogens with one attached hydrogen (secondary N) is 1. The first-order valence-electron chi connectivity index (χ1n) is 8.34. The van der Waals surface area contributed by atoms with Crippen molar-refractivity contribution in [1.29, 1.82) is 0 Å². The highest BCUT2D eigenvalue weighted by Crippen LogP contribution is 2.26. The number of aryl methyl sites for hydroxylation is 2. The van der Waals surface area contributed by atoms with Gasteiger partial charge in [-0.2, -0.15) is 5.10 Å². The Kier molecular flexibility index (Phi) is 5.57. The lowest BCUT2D eigenvalue weighted by molar-refractivity contribution is 0.102. The molecule has 28 heavy (non-hydrogen) atoms. The lowest BCUT2D eigenvalue weighted by Crippen LogP contribution is -2.30. The number of halogens is 1. The van der Waals surface area contributed by atoms with E-state index in [9.17, 15) is 13.2 Å². The van der Waals surface area contributed by atoms with Gasteiger partial charge in [-0.15, -0.1) is 0 Å². The van der Waals surface area contributed by atoms with Crippen LogP contribution in [-0.4, -0.2) is 31.2 Å². The van der Waals surface area contributed by atoms with Gasteiger partial charge in [0.15, 0.2) is 5.82 Å². The Labute approximate surface area is 172 Å². The summed E-state index contributed by atoms with van der Waals surface area (Å²) in [7, 11) is -0.857. The van der Waals surface area contributed by atoms with E-state index in [-0.39, 0.29) is 16.3 Å². The molecule has 0 saturated carbocycles. The van der Waals surface area contributed by atoms with Crippen molar-refractivity contribution in [1.82, 2.24) is 9.78 Å². The number of aromatic nitrogens is 2. The highest BCUT2D eigenvalue weighted by Gasteiger charge is 2.28. The van der Waals surface area contributed by atoms with E-state index >= 15 is 0 Å². The van der Waals surface area contributed by atoms with Gasteiger partial charge in [0.25, 0.3) is 15.9 Å². The van der Waals surface area contributed by atoms with Crippen LogP contribution in [0, 0.1) is 6.92 Å². The predicted molar refractivity (Wildman–Crippen MR) is 112 cm³/mol. The molecule has 1 heterocycles. The average Bonchev–Trinajstić information content (AvgIpc) is 3.03. The molecule has 0 aliphatic carbocycles. The zero-order valence-corrected chi connectivity index (χ0v) is 18.0. The van der Waals surface area contributed by atoms with E-state index in [0.717, 1.165) is 14.3 Å². The lowest BCUT2D eigenvalue weighted by Gasteiger charge is -2.21. The molecule has 0 spiro atoms. The molecule has 1 aromatic heterocycles. The molecule has 0 fully saturated rings. The normalized spacial score (nSPS) is 11.3. The monoisotopic (exact) mass is 462 g/mol. The van der Waals surface area contributed by atoms with Crippen LogP contribution in [0.1, 0.15) is 15.9 Å². The standard InChI is InChI=1S/C19H19BrN4O3S/c1-13-7-9-16(10-8-13)28(26,27)24(3)19-17(12-21-23(19)2)18(25)22-15-6-4-5-14(20)11-15/h4-12H,1-3H3,(H,22,25). The van der Waals surface area contributed by atoms with Crippen LogP contribution in [0.5, 0.6) is 0 Å². The molecule has 0 unspecified atom stereocenters. The van der Waals surface area contributed by atoms with E-state index < -0.39 is 15.9 Å². The number of benzene rings is 2. The molecule has 9 heteroatoms. The molecule has 0 radical (unpaired) electrons. The number of carbonyl (C=O) groups is 1. The number of hydrogen-bond acceptors (Lipinski definition) is 4. The molecule has 2 aromatic carbocycles. The average molecular weight is 463 g/mol. The maximum absolute atomic E-state index is 13.0. The fourth-order valence-electron chi connectivity index (χ4n) is 2.71. The molecule has 3 rings (SSSR count). The minimum Gasteiger partial charge on any atom is -0.322 e. The van der Waals surface area contributed by atoms with Crippen LogP contribution in [0.3, 0.4) is 0 Å². The summed E-state index contributed by atoms with van der Waals surface area (Å²) in [5.41, 5.74) is 1.69. The fourth-order valence-corrected chi connectivity index (χ4v) is 4.35. The largest absolute Gasteiger partial charge is 0.322 e. The molecule has 146 valence electrons. The van der Waals surface area contributed by atoms with Crippen molar-refractivity contribution in [2.24, 2.45) is 7.05 Å². The van der Waals surface area contributed by atoms with E-state index in [1.807, 2.05) is 13.0 Å². The minimum absolute atomic E-state index is 0.139.